The van der Waals surface area contributed by atoms with Gasteiger partial charge in [0, 0.05) is 26.2 Å². The Morgan fingerprint density at radius 3 is 2.71 bits per heavy atom. The molecule has 1 saturated heterocycles. The lowest BCUT2D eigenvalue weighted by Gasteiger charge is -2.31. The van der Waals surface area contributed by atoms with Gasteiger partial charge < -0.3 is 8.98 Å². The van der Waals surface area contributed by atoms with Gasteiger partial charge >= 0.3 is 0 Å². The summed E-state index contributed by atoms with van der Waals surface area (Å²) in [5, 5.41) is 0.0278. The van der Waals surface area contributed by atoms with Crippen LogP contribution < -0.4 is 0 Å². The molecule has 0 radical (unpaired) electrons. The van der Waals surface area contributed by atoms with Crippen LogP contribution in [0.1, 0.15) is 42.5 Å². The zero-order chi connectivity index (χ0) is 19.7. The first-order chi connectivity index (χ1) is 13.4. The third-order valence-electron chi connectivity index (χ3n) is 4.86. The summed E-state index contributed by atoms with van der Waals surface area (Å²) >= 11 is 0. The molecule has 2 aromatic heterocycles. The number of hydrogen-bond acceptors (Lipinski definition) is 5. The lowest BCUT2D eigenvalue weighted by molar-refractivity contribution is 0.216. The number of piperidine rings is 1. The van der Waals surface area contributed by atoms with Gasteiger partial charge in [-0.25, -0.2) is 22.8 Å². The van der Waals surface area contributed by atoms with Gasteiger partial charge in [0.25, 0.3) is 10.0 Å². The minimum absolute atomic E-state index is 0.0278. The average Bonchev–Trinajstić information content (AvgIpc) is 3.33. The van der Waals surface area contributed by atoms with E-state index in [-0.39, 0.29) is 10.8 Å². The van der Waals surface area contributed by atoms with E-state index in [4.69, 9.17) is 4.42 Å². The van der Waals surface area contributed by atoms with Gasteiger partial charge in [0.05, 0.1) is 12.5 Å². The smallest absolute Gasteiger partial charge is 0.262 e. The Morgan fingerprint density at radius 2 is 2.00 bits per heavy atom. The zero-order valence-electron chi connectivity index (χ0n) is 15.5. The summed E-state index contributed by atoms with van der Waals surface area (Å²) in [6, 6.07) is 5.72. The van der Waals surface area contributed by atoms with Crippen molar-refractivity contribution < 1.29 is 17.2 Å². The maximum atomic E-state index is 13.1. The molecule has 0 N–H and O–H groups in total. The summed E-state index contributed by atoms with van der Waals surface area (Å²) in [4.78, 5) is 8.35. The number of nitrogens with zero attached hydrogens (tertiary/aromatic N) is 4. The van der Waals surface area contributed by atoms with Crippen LogP contribution in [0.3, 0.4) is 0 Å². The highest BCUT2D eigenvalue weighted by Gasteiger charge is 2.38. The molecule has 148 valence electrons. The van der Waals surface area contributed by atoms with E-state index in [2.05, 4.69) is 9.97 Å². The van der Waals surface area contributed by atoms with Gasteiger partial charge in [-0.05, 0) is 30.5 Å². The van der Waals surface area contributed by atoms with Crippen molar-refractivity contribution in [3.05, 3.63) is 66.0 Å². The van der Waals surface area contributed by atoms with E-state index in [0.29, 0.717) is 31.0 Å². The van der Waals surface area contributed by atoms with Gasteiger partial charge in [0.15, 0.2) is 5.03 Å². The van der Waals surface area contributed by atoms with Gasteiger partial charge in [-0.1, -0.05) is 18.6 Å². The molecule has 3 aromatic rings. The highest BCUT2D eigenvalue weighted by molar-refractivity contribution is 7.89. The second-order valence-electron chi connectivity index (χ2n) is 6.97. The van der Waals surface area contributed by atoms with Crippen LogP contribution in [-0.4, -0.2) is 33.8 Å². The Labute approximate surface area is 162 Å². The van der Waals surface area contributed by atoms with Gasteiger partial charge in [0.1, 0.15) is 17.6 Å². The van der Waals surface area contributed by atoms with Gasteiger partial charge in [-0.3, -0.25) is 0 Å². The molecule has 7 nitrogen and oxygen atoms in total. The quantitative estimate of drug-likeness (QED) is 0.653. The first-order valence-electron chi connectivity index (χ1n) is 9.12. The van der Waals surface area contributed by atoms with E-state index < -0.39 is 16.1 Å². The van der Waals surface area contributed by atoms with Crippen molar-refractivity contribution in [3.63, 3.8) is 0 Å². The summed E-state index contributed by atoms with van der Waals surface area (Å²) in [5.74, 6) is 0.707. The van der Waals surface area contributed by atoms with Crippen LogP contribution in [0.2, 0.25) is 0 Å². The summed E-state index contributed by atoms with van der Waals surface area (Å²) in [6.45, 7) is 0.402. The van der Waals surface area contributed by atoms with E-state index in [9.17, 15) is 12.8 Å². The predicted molar refractivity (Wildman–Crippen MR) is 99.4 cm³/mol. The number of sulfonamides is 1. The first kappa shape index (κ1) is 18.8. The highest BCUT2D eigenvalue weighted by atomic mass is 32.2. The van der Waals surface area contributed by atoms with Crippen molar-refractivity contribution in [2.75, 3.05) is 6.54 Å². The Bertz CT molecular complexity index is 1060. The Balaban J connectivity index is 1.58. The van der Waals surface area contributed by atoms with Crippen molar-refractivity contribution >= 4 is 10.0 Å². The van der Waals surface area contributed by atoms with Crippen molar-refractivity contribution in [2.24, 2.45) is 7.05 Å². The molecule has 0 unspecified atom stereocenters. The van der Waals surface area contributed by atoms with Crippen LogP contribution in [0.15, 0.2) is 52.4 Å². The number of aromatic nitrogens is 3. The topological polar surface area (TPSA) is 81.2 Å². The van der Waals surface area contributed by atoms with Crippen molar-refractivity contribution in [1.82, 2.24) is 18.8 Å². The molecule has 1 aromatic carbocycles. The maximum absolute atomic E-state index is 13.1. The third-order valence-corrected chi connectivity index (χ3v) is 6.65. The minimum Gasteiger partial charge on any atom is -0.444 e. The fourth-order valence-electron chi connectivity index (χ4n) is 3.44. The number of hydrogen-bond donors (Lipinski definition) is 0. The van der Waals surface area contributed by atoms with Crippen LogP contribution >= 0.6 is 0 Å². The third kappa shape index (κ3) is 3.72. The Morgan fingerprint density at radius 1 is 1.21 bits per heavy atom. The lowest BCUT2D eigenvalue weighted by atomic mass is 10.1. The Hall–Kier alpha value is -2.52. The van der Waals surface area contributed by atoms with Crippen LogP contribution in [0.5, 0.6) is 0 Å². The van der Waals surface area contributed by atoms with E-state index in [1.54, 1.807) is 29.9 Å². The van der Waals surface area contributed by atoms with E-state index >= 15 is 0 Å². The molecular weight excluding hydrogens is 383 g/mol. The fraction of sp³-hybridized carbons (Fsp3) is 0.368. The van der Waals surface area contributed by atoms with Crippen LogP contribution in [0.4, 0.5) is 4.39 Å². The summed E-state index contributed by atoms with van der Waals surface area (Å²) in [6.07, 6.45) is 7.36. The van der Waals surface area contributed by atoms with Crippen molar-refractivity contribution in [2.45, 2.75) is 36.8 Å². The number of halogens is 1. The second-order valence-corrected chi connectivity index (χ2v) is 8.81. The largest absolute Gasteiger partial charge is 0.444 e. The van der Waals surface area contributed by atoms with Crippen LogP contribution in [0.25, 0.3) is 0 Å². The summed E-state index contributed by atoms with van der Waals surface area (Å²) < 4.78 is 48.1. The molecule has 0 amide bonds. The molecule has 0 bridgehead atoms. The molecule has 1 fully saturated rings. The van der Waals surface area contributed by atoms with Crippen LogP contribution in [0, 0.1) is 5.82 Å². The summed E-state index contributed by atoms with van der Waals surface area (Å²) in [7, 11) is -2.00. The predicted octanol–water partition coefficient (Wildman–Crippen LogP) is 3.05. The lowest BCUT2D eigenvalue weighted by Crippen LogP contribution is -2.38. The molecule has 4 rings (SSSR count). The molecule has 0 spiro atoms. The second kappa shape index (κ2) is 7.48. The van der Waals surface area contributed by atoms with E-state index in [1.807, 2.05) is 0 Å². The molecule has 28 heavy (non-hydrogen) atoms. The van der Waals surface area contributed by atoms with E-state index in [0.717, 1.165) is 18.4 Å². The number of oxazole rings is 1. The minimum atomic E-state index is -3.73. The number of benzene rings is 1. The van der Waals surface area contributed by atoms with Gasteiger partial charge in [-0.15, -0.1) is 0 Å². The molecule has 3 heterocycles. The molecule has 0 saturated carbocycles. The molecule has 0 aliphatic carbocycles. The van der Waals surface area contributed by atoms with Gasteiger partial charge in [0.2, 0.25) is 5.89 Å². The monoisotopic (exact) mass is 404 g/mol. The number of imidazole rings is 1. The molecule has 9 heteroatoms. The molecule has 1 atom stereocenters. The molecule has 1 aliphatic rings. The van der Waals surface area contributed by atoms with Crippen molar-refractivity contribution in [1.29, 1.82) is 0 Å². The van der Waals surface area contributed by atoms with E-state index in [1.165, 1.54) is 29.0 Å². The zero-order valence-corrected chi connectivity index (χ0v) is 16.3. The molecule has 1 aliphatic heterocycles. The first-order valence-corrected chi connectivity index (χ1v) is 10.6. The SMILES string of the molecule is Cn1cnc(S(=O)(=O)N2CCCC[C@H]2c2ncc(Cc3ccc(F)cc3)o2)c1. The Kier molecular flexibility index (Phi) is 5.03. The molecular formula is C19H21FN4O3S. The summed E-state index contributed by atoms with van der Waals surface area (Å²) in [5.41, 5.74) is 0.894. The van der Waals surface area contributed by atoms with Gasteiger partial charge in [-0.2, -0.15) is 4.31 Å². The number of rotatable bonds is 5. The normalized spacial score (nSPS) is 18.4. The van der Waals surface area contributed by atoms with Crippen LogP contribution in [-0.2, 0) is 23.5 Å². The fourth-order valence-corrected chi connectivity index (χ4v) is 5.06. The van der Waals surface area contributed by atoms with Crippen molar-refractivity contribution in [3.8, 4) is 0 Å². The highest BCUT2D eigenvalue weighted by Crippen LogP contribution is 2.35. The standard InChI is InChI=1S/C19H21FN4O3S/c1-23-12-18(22-13-23)28(25,26)24-9-3-2-4-17(24)19-21-11-16(27-19)10-14-5-7-15(20)8-6-14/h5-8,11-13,17H,2-4,9-10H2,1H3/t17-/m0/s1. The number of aryl methyl sites for hydroxylation is 1. The average molecular weight is 404 g/mol. The maximum Gasteiger partial charge on any atom is 0.262 e.